The normalized spacial score (nSPS) is 10.2. The number of carboxylic acids is 1. The highest BCUT2D eigenvalue weighted by molar-refractivity contribution is 5.84. The molecule has 1 heterocycles. The Labute approximate surface area is 114 Å². The number of nitrogens with one attached hydrogen (secondary N) is 1. The number of furan rings is 1. The van der Waals surface area contributed by atoms with E-state index in [1.54, 1.807) is 19.1 Å². The standard InChI is InChI=1S/C13H12N2O5/c1-8-2-4-10(11(6-8)15(18)19)14-7-9-3-5-12(20-9)13(16)17/h2-6,14H,7H2,1H3,(H,16,17). The first-order chi connectivity index (χ1) is 9.47. The Bertz CT molecular complexity index is 663. The number of nitro groups is 1. The molecule has 7 nitrogen and oxygen atoms in total. The van der Waals surface area contributed by atoms with Gasteiger partial charge in [0.1, 0.15) is 11.4 Å². The fraction of sp³-hybridized carbons (Fsp3) is 0.154. The summed E-state index contributed by atoms with van der Waals surface area (Å²) < 4.78 is 5.06. The van der Waals surface area contributed by atoms with E-state index in [0.717, 1.165) is 5.56 Å². The van der Waals surface area contributed by atoms with Crippen molar-refractivity contribution >= 4 is 17.3 Å². The maximum Gasteiger partial charge on any atom is 0.371 e. The lowest BCUT2D eigenvalue weighted by Crippen LogP contribution is -2.02. The van der Waals surface area contributed by atoms with Crippen LogP contribution in [0, 0.1) is 17.0 Å². The predicted molar refractivity (Wildman–Crippen MR) is 70.8 cm³/mol. The fourth-order valence-electron chi connectivity index (χ4n) is 1.71. The van der Waals surface area contributed by atoms with Gasteiger partial charge in [0.25, 0.3) is 5.69 Å². The zero-order valence-corrected chi connectivity index (χ0v) is 10.6. The van der Waals surface area contributed by atoms with Crippen molar-refractivity contribution in [2.24, 2.45) is 0 Å². The molecule has 0 aliphatic carbocycles. The Hall–Kier alpha value is -2.83. The van der Waals surface area contributed by atoms with Crippen molar-refractivity contribution in [1.29, 1.82) is 0 Å². The van der Waals surface area contributed by atoms with Gasteiger partial charge >= 0.3 is 5.97 Å². The van der Waals surface area contributed by atoms with Crippen molar-refractivity contribution in [3.8, 4) is 0 Å². The first kappa shape index (κ1) is 13.6. The first-order valence-electron chi connectivity index (χ1n) is 5.78. The molecule has 0 saturated heterocycles. The first-order valence-corrected chi connectivity index (χ1v) is 5.78. The molecule has 104 valence electrons. The Morgan fingerprint density at radius 1 is 1.40 bits per heavy atom. The third-order valence-corrected chi connectivity index (χ3v) is 2.68. The molecule has 0 atom stereocenters. The van der Waals surface area contributed by atoms with Crippen molar-refractivity contribution in [2.75, 3.05) is 5.32 Å². The number of hydrogen-bond donors (Lipinski definition) is 2. The average molecular weight is 276 g/mol. The smallest absolute Gasteiger partial charge is 0.371 e. The molecule has 0 spiro atoms. The summed E-state index contributed by atoms with van der Waals surface area (Å²) in [6.07, 6.45) is 0. The number of anilines is 1. The zero-order chi connectivity index (χ0) is 14.7. The van der Waals surface area contributed by atoms with Crippen molar-refractivity contribution in [3.05, 3.63) is 57.5 Å². The molecule has 2 aromatic rings. The quantitative estimate of drug-likeness (QED) is 0.642. The summed E-state index contributed by atoms with van der Waals surface area (Å²) in [5.41, 5.74) is 1.11. The van der Waals surface area contributed by atoms with Crippen LogP contribution in [0.5, 0.6) is 0 Å². The number of rotatable bonds is 5. The molecule has 0 aliphatic rings. The van der Waals surface area contributed by atoms with Crippen LogP contribution >= 0.6 is 0 Å². The fourth-order valence-corrected chi connectivity index (χ4v) is 1.71. The Kier molecular flexibility index (Phi) is 3.69. The number of carboxylic acid groups (broad SMARTS) is 1. The molecule has 0 fully saturated rings. The van der Waals surface area contributed by atoms with Crippen LogP contribution < -0.4 is 5.32 Å². The number of nitro benzene ring substituents is 1. The number of aromatic carboxylic acids is 1. The van der Waals surface area contributed by atoms with Crippen molar-refractivity contribution in [1.82, 2.24) is 0 Å². The minimum Gasteiger partial charge on any atom is -0.475 e. The molecule has 0 bridgehead atoms. The van der Waals surface area contributed by atoms with E-state index in [2.05, 4.69) is 5.32 Å². The van der Waals surface area contributed by atoms with E-state index in [-0.39, 0.29) is 18.0 Å². The second-order valence-electron chi connectivity index (χ2n) is 4.20. The number of nitrogens with zero attached hydrogens (tertiary/aromatic N) is 1. The van der Waals surface area contributed by atoms with Crippen LogP contribution in [0.15, 0.2) is 34.7 Å². The molecule has 2 N–H and O–H groups in total. The molecule has 2 rings (SSSR count). The molecular formula is C13H12N2O5. The summed E-state index contributed by atoms with van der Waals surface area (Å²) in [6.45, 7) is 1.93. The van der Waals surface area contributed by atoms with Gasteiger partial charge in [-0.15, -0.1) is 0 Å². The summed E-state index contributed by atoms with van der Waals surface area (Å²) in [5, 5.41) is 22.5. The Morgan fingerprint density at radius 2 is 2.15 bits per heavy atom. The lowest BCUT2D eigenvalue weighted by Gasteiger charge is -2.06. The molecule has 0 amide bonds. The predicted octanol–water partition coefficient (Wildman–Crippen LogP) is 2.81. The second kappa shape index (κ2) is 5.43. The van der Waals surface area contributed by atoms with E-state index < -0.39 is 10.9 Å². The van der Waals surface area contributed by atoms with E-state index in [1.165, 1.54) is 18.2 Å². The van der Waals surface area contributed by atoms with Gasteiger partial charge in [0, 0.05) is 6.07 Å². The third-order valence-electron chi connectivity index (χ3n) is 2.68. The van der Waals surface area contributed by atoms with E-state index in [1.807, 2.05) is 0 Å². The SMILES string of the molecule is Cc1ccc(NCc2ccc(C(=O)O)o2)c([N+](=O)[O-])c1. The molecule has 1 aromatic carbocycles. The minimum absolute atomic E-state index is 0.0324. The topological polar surface area (TPSA) is 106 Å². The largest absolute Gasteiger partial charge is 0.475 e. The maximum absolute atomic E-state index is 10.9. The molecule has 0 radical (unpaired) electrons. The van der Waals surface area contributed by atoms with Gasteiger partial charge < -0.3 is 14.8 Å². The van der Waals surface area contributed by atoms with Gasteiger partial charge in [-0.3, -0.25) is 10.1 Å². The highest BCUT2D eigenvalue weighted by Crippen LogP contribution is 2.25. The Morgan fingerprint density at radius 3 is 2.75 bits per heavy atom. The van der Waals surface area contributed by atoms with Gasteiger partial charge in [-0.25, -0.2) is 4.79 Å². The van der Waals surface area contributed by atoms with Crippen LogP contribution in [0.25, 0.3) is 0 Å². The zero-order valence-electron chi connectivity index (χ0n) is 10.6. The summed E-state index contributed by atoms with van der Waals surface area (Å²) in [6, 6.07) is 7.67. The molecule has 0 unspecified atom stereocenters. The minimum atomic E-state index is -1.16. The lowest BCUT2D eigenvalue weighted by molar-refractivity contribution is -0.384. The van der Waals surface area contributed by atoms with Crippen molar-refractivity contribution in [3.63, 3.8) is 0 Å². The van der Waals surface area contributed by atoms with Crippen LogP contribution in [0.1, 0.15) is 21.9 Å². The van der Waals surface area contributed by atoms with Gasteiger partial charge in [0.15, 0.2) is 0 Å². The molecular weight excluding hydrogens is 264 g/mol. The van der Waals surface area contributed by atoms with Crippen LogP contribution in [0.3, 0.4) is 0 Å². The van der Waals surface area contributed by atoms with Gasteiger partial charge in [-0.2, -0.15) is 0 Å². The van der Waals surface area contributed by atoms with E-state index in [4.69, 9.17) is 9.52 Å². The number of hydrogen-bond acceptors (Lipinski definition) is 5. The molecule has 1 aromatic heterocycles. The van der Waals surface area contributed by atoms with E-state index in [0.29, 0.717) is 11.4 Å². The molecule has 0 aliphatic heterocycles. The average Bonchev–Trinajstić information content (AvgIpc) is 2.86. The second-order valence-corrected chi connectivity index (χ2v) is 4.20. The Balaban J connectivity index is 2.14. The maximum atomic E-state index is 10.9. The van der Waals surface area contributed by atoms with Gasteiger partial charge in [-0.05, 0) is 30.7 Å². The summed E-state index contributed by atoms with van der Waals surface area (Å²) in [7, 11) is 0. The van der Waals surface area contributed by atoms with Gasteiger partial charge in [0.05, 0.1) is 11.5 Å². The summed E-state index contributed by atoms with van der Waals surface area (Å²) in [4.78, 5) is 21.1. The molecule has 7 heteroatoms. The van der Waals surface area contributed by atoms with Crippen molar-refractivity contribution < 1.29 is 19.2 Å². The monoisotopic (exact) mass is 276 g/mol. The molecule has 0 saturated carbocycles. The number of aryl methyl sites for hydroxylation is 1. The van der Waals surface area contributed by atoms with Crippen LogP contribution in [-0.2, 0) is 6.54 Å². The van der Waals surface area contributed by atoms with Gasteiger partial charge in [0.2, 0.25) is 5.76 Å². The van der Waals surface area contributed by atoms with Crippen LogP contribution in [-0.4, -0.2) is 16.0 Å². The van der Waals surface area contributed by atoms with Crippen LogP contribution in [0.4, 0.5) is 11.4 Å². The van der Waals surface area contributed by atoms with E-state index in [9.17, 15) is 14.9 Å². The third kappa shape index (κ3) is 2.94. The number of benzene rings is 1. The molecule has 20 heavy (non-hydrogen) atoms. The summed E-state index contributed by atoms with van der Waals surface area (Å²) in [5.74, 6) is -0.935. The van der Waals surface area contributed by atoms with Crippen molar-refractivity contribution in [2.45, 2.75) is 13.5 Å². The number of carbonyl (C=O) groups is 1. The highest BCUT2D eigenvalue weighted by Gasteiger charge is 2.14. The lowest BCUT2D eigenvalue weighted by atomic mass is 10.2. The highest BCUT2D eigenvalue weighted by atomic mass is 16.6. The summed E-state index contributed by atoms with van der Waals surface area (Å²) >= 11 is 0. The van der Waals surface area contributed by atoms with Crippen LogP contribution in [0.2, 0.25) is 0 Å². The van der Waals surface area contributed by atoms with Gasteiger partial charge in [-0.1, -0.05) is 6.07 Å². The van der Waals surface area contributed by atoms with E-state index >= 15 is 0 Å².